The zero-order valence-electron chi connectivity index (χ0n) is 13.3. The smallest absolute Gasteiger partial charge is 0.229 e. The molecule has 1 fully saturated rings. The summed E-state index contributed by atoms with van der Waals surface area (Å²) < 4.78 is 0. The molecular formula is C19H17N3O2. The summed E-state index contributed by atoms with van der Waals surface area (Å²) in [5.41, 5.74) is 3.06. The number of anilines is 2. The summed E-state index contributed by atoms with van der Waals surface area (Å²) in [7, 11) is 0. The molecule has 5 heteroatoms. The zero-order chi connectivity index (χ0) is 17.1. The van der Waals surface area contributed by atoms with Crippen LogP contribution < -0.4 is 10.2 Å². The number of benzene rings is 2. The van der Waals surface area contributed by atoms with Crippen molar-refractivity contribution < 1.29 is 9.59 Å². The summed E-state index contributed by atoms with van der Waals surface area (Å²) in [5.74, 6) is -0.600. The lowest BCUT2D eigenvalue weighted by Crippen LogP contribution is -2.28. The molecule has 1 heterocycles. The van der Waals surface area contributed by atoms with Gasteiger partial charge in [0.2, 0.25) is 11.8 Å². The molecule has 2 amide bonds. The standard InChI is InChI=1S/C19H17N3O2/c1-13-3-2-4-17(9-13)22-12-15(10-18(22)23)19(24)21-16-7-5-14(11-20)6-8-16/h2-9,15H,10,12H2,1H3,(H,21,24)/t15-/m0/s1. The van der Waals surface area contributed by atoms with Gasteiger partial charge in [0.25, 0.3) is 0 Å². The number of carbonyl (C=O) groups excluding carboxylic acids is 2. The SMILES string of the molecule is Cc1cccc(N2C[C@@H](C(=O)Nc3ccc(C#N)cc3)CC2=O)c1. The van der Waals surface area contributed by atoms with Gasteiger partial charge in [0.1, 0.15) is 0 Å². The topological polar surface area (TPSA) is 73.2 Å². The van der Waals surface area contributed by atoms with Crippen molar-refractivity contribution in [3.63, 3.8) is 0 Å². The maximum atomic E-state index is 12.4. The number of rotatable bonds is 3. The van der Waals surface area contributed by atoms with Gasteiger partial charge in [0, 0.05) is 24.3 Å². The average Bonchev–Trinajstić information content (AvgIpc) is 2.97. The van der Waals surface area contributed by atoms with E-state index in [-0.39, 0.29) is 24.2 Å². The van der Waals surface area contributed by atoms with E-state index in [1.165, 1.54) is 0 Å². The van der Waals surface area contributed by atoms with Gasteiger partial charge in [-0.15, -0.1) is 0 Å². The third-order valence-corrected chi connectivity index (χ3v) is 4.09. The zero-order valence-corrected chi connectivity index (χ0v) is 13.3. The maximum absolute atomic E-state index is 12.4. The monoisotopic (exact) mass is 319 g/mol. The largest absolute Gasteiger partial charge is 0.326 e. The molecule has 1 aliphatic rings. The number of nitrogens with one attached hydrogen (secondary N) is 1. The summed E-state index contributed by atoms with van der Waals surface area (Å²) >= 11 is 0. The van der Waals surface area contributed by atoms with Crippen molar-refractivity contribution in [1.29, 1.82) is 5.26 Å². The predicted molar refractivity (Wildman–Crippen MR) is 91.4 cm³/mol. The normalized spacial score (nSPS) is 16.8. The number of aryl methyl sites for hydroxylation is 1. The van der Waals surface area contributed by atoms with Crippen LogP contribution in [0.25, 0.3) is 0 Å². The van der Waals surface area contributed by atoms with E-state index in [1.807, 2.05) is 37.3 Å². The number of nitriles is 1. The van der Waals surface area contributed by atoms with Gasteiger partial charge >= 0.3 is 0 Å². The summed E-state index contributed by atoms with van der Waals surface area (Å²) in [6.07, 6.45) is 0.204. The fourth-order valence-corrected chi connectivity index (χ4v) is 2.80. The Labute approximate surface area is 140 Å². The van der Waals surface area contributed by atoms with Crippen LogP contribution >= 0.6 is 0 Å². The van der Waals surface area contributed by atoms with Crippen molar-refractivity contribution in [2.24, 2.45) is 5.92 Å². The van der Waals surface area contributed by atoms with Gasteiger partial charge in [-0.3, -0.25) is 9.59 Å². The molecule has 0 radical (unpaired) electrons. The highest BCUT2D eigenvalue weighted by atomic mass is 16.2. The predicted octanol–water partition coefficient (Wildman–Crippen LogP) is 2.86. The second-order valence-corrected chi connectivity index (χ2v) is 5.92. The van der Waals surface area contributed by atoms with Crippen LogP contribution in [-0.2, 0) is 9.59 Å². The lowest BCUT2D eigenvalue weighted by molar-refractivity contribution is -0.122. The van der Waals surface area contributed by atoms with E-state index in [4.69, 9.17) is 5.26 Å². The highest BCUT2D eigenvalue weighted by Crippen LogP contribution is 2.26. The van der Waals surface area contributed by atoms with E-state index < -0.39 is 0 Å². The first-order valence-electron chi connectivity index (χ1n) is 7.75. The molecule has 1 atom stereocenters. The average molecular weight is 319 g/mol. The molecule has 1 N–H and O–H groups in total. The minimum absolute atomic E-state index is 0.0411. The van der Waals surface area contributed by atoms with E-state index in [0.717, 1.165) is 11.3 Å². The fourth-order valence-electron chi connectivity index (χ4n) is 2.80. The lowest BCUT2D eigenvalue weighted by atomic mass is 10.1. The van der Waals surface area contributed by atoms with Crippen molar-refractivity contribution in [2.45, 2.75) is 13.3 Å². The molecule has 5 nitrogen and oxygen atoms in total. The molecule has 0 unspecified atom stereocenters. The Hall–Kier alpha value is -3.13. The fraction of sp³-hybridized carbons (Fsp3) is 0.211. The third-order valence-electron chi connectivity index (χ3n) is 4.09. The summed E-state index contributed by atoms with van der Waals surface area (Å²) in [4.78, 5) is 26.3. The Kier molecular flexibility index (Phi) is 4.30. The van der Waals surface area contributed by atoms with Crippen LogP contribution in [0.15, 0.2) is 48.5 Å². The summed E-state index contributed by atoms with van der Waals surface area (Å²) in [6, 6.07) is 16.4. The molecular weight excluding hydrogens is 302 g/mol. The van der Waals surface area contributed by atoms with E-state index >= 15 is 0 Å². The minimum Gasteiger partial charge on any atom is -0.326 e. The number of hydrogen-bond acceptors (Lipinski definition) is 3. The molecule has 1 saturated heterocycles. The second-order valence-electron chi connectivity index (χ2n) is 5.92. The van der Waals surface area contributed by atoms with Crippen molar-refractivity contribution in [3.05, 3.63) is 59.7 Å². The summed E-state index contributed by atoms with van der Waals surface area (Å²) in [6.45, 7) is 2.35. The Balaban J connectivity index is 1.68. The second kappa shape index (κ2) is 6.55. The van der Waals surface area contributed by atoms with Crippen LogP contribution in [0.3, 0.4) is 0 Å². The van der Waals surface area contributed by atoms with E-state index in [0.29, 0.717) is 17.8 Å². The van der Waals surface area contributed by atoms with Crippen LogP contribution in [0.4, 0.5) is 11.4 Å². The highest BCUT2D eigenvalue weighted by molar-refractivity contribution is 6.03. The molecule has 2 aromatic carbocycles. The molecule has 0 spiro atoms. The maximum Gasteiger partial charge on any atom is 0.229 e. The minimum atomic E-state index is -0.381. The first kappa shape index (κ1) is 15.8. The first-order valence-corrected chi connectivity index (χ1v) is 7.75. The highest BCUT2D eigenvalue weighted by Gasteiger charge is 2.35. The van der Waals surface area contributed by atoms with Gasteiger partial charge in [0.15, 0.2) is 0 Å². The molecule has 3 rings (SSSR count). The Morgan fingerprint density at radius 2 is 2.00 bits per heavy atom. The van der Waals surface area contributed by atoms with Crippen molar-refractivity contribution in [2.75, 3.05) is 16.8 Å². The first-order chi connectivity index (χ1) is 11.6. The molecule has 0 aromatic heterocycles. The molecule has 0 aliphatic carbocycles. The third kappa shape index (κ3) is 3.28. The lowest BCUT2D eigenvalue weighted by Gasteiger charge is -2.17. The Bertz CT molecular complexity index is 821. The van der Waals surface area contributed by atoms with Crippen LogP contribution in [-0.4, -0.2) is 18.4 Å². The van der Waals surface area contributed by atoms with Gasteiger partial charge in [-0.2, -0.15) is 5.26 Å². The van der Waals surface area contributed by atoms with Crippen LogP contribution in [0.2, 0.25) is 0 Å². The van der Waals surface area contributed by atoms with E-state index in [2.05, 4.69) is 5.32 Å². The van der Waals surface area contributed by atoms with Gasteiger partial charge in [-0.1, -0.05) is 12.1 Å². The van der Waals surface area contributed by atoms with Crippen molar-refractivity contribution in [3.8, 4) is 6.07 Å². The Morgan fingerprint density at radius 1 is 1.25 bits per heavy atom. The molecule has 0 bridgehead atoms. The molecule has 1 aliphatic heterocycles. The molecule has 120 valence electrons. The number of amides is 2. The quantitative estimate of drug-likeness (QED) is 0.945. The Morgan fingerprint density at radius 3 is 2.67 bits per heavy atom. The summed E-state index contributed by atoms with van der Waals surface area (Å²) in [5, 5.41) is 11.6. The van der Waals surface area contributed by atoms with Crippen LogP contribution in [0, 0.1) is 24.2 Å². The van der Waals surface area contributed by atoms with Gasteiger partial charge in [-0.05, 0) is 48.9 Å². The van der Waals surface area contributed by atoms with E-state index in [9.17, 15) is 9.59 Å². The van der Waals surface area contributed by atoms with Gasteiger partial charge in [0.05, 0.1) is 17.6 Å². The van der Waals surface area contributed by atoms with Gasteiger partial charge < -0.3 is 10.2 Å². The van der Waals surface area contributed by atoms with Crippen LogP contribution in [0.1, 0.15) is 17.5 Å². The van der Waals surface area contributed by atoms with Crippen molar-refractivity contribution in [1.82, 2.24) is 0 Å². The number of hydrogen-bond donors (Lipinski definition) is 1. The number of nitrogens with zero attached hydrogens (tertiary/aromatic N) is 2. The molecule has 2 aromatic rings. The van der Waals surface area contributed by atoms with E-state index in [1.54, 1.807) is 29.2 Å². The number of carbonyl (C=O) groups is 2. The van der Waals surface area contributed by atoms with Crippen molar-refractivity contribution >= 4 is 23.2 Å². The van der Waals surface area contributed by atoms with Gasteiger partial charge in [-0.25, -0.2) is 0 Å². The van der Waals surface area contributed by atoms with Crippen LogP contribution in [0.5, 0.6) is 0 Å². The molecule has 24 heavy (non-hydrogen) atoms. The molecule has 0 saturated carbocycles.